The monoisotopic (exact) mass is 436 g/mol. The van der Waals surface area contributed by atoms with Gasteiger partial charge >= 0.3 is 5.97 Å². The summed E-state index contributed by atoms with van der Waals surface area (Å²) in [5, 5.41) is 11.0. The first-order chi connectivity index (χ1) is 14.6. The van der Waals surface area contributed by atoms with E-state index in [0.29, 0.717) is 17.7 Å². The minimum Gasteiger partial charge on any atom is -0.414 e. The molecule has 0 spiro atoms. The van der Waals surface area contributed by atoms with E-state index in [9.17, 15) is 4.79 Å². The molecule has 0 N–H and O–H groups in total. The van der Waals surface area contributed by atoms with Gasteiger partial charge in [-0.3, -0.25) is 0 Å². The van der Waals surface area contributed by atoms with Crippen LogP contribution in [-0.4, -0.2) is 32.0 Å². The number of hydroxylamine groups is 2. The van der Waals surface area contributed by atoms with Crippen molar-refractivity contribution >= 4 is 14.3 Å². The molecule has 0 aromatic heterocycles. The largest absolute Gasteiger partial charge is 0.414 e. The number of rotatable bonds is 5. The molecule has 1 aliphatic heterocycles. The lowest BCUT2D eigenvalue weighted by Crippen LogP contribution is -2.48. The molecule has 1 unspecified atom stereocenters. The van der Waals surface area contributed by atoms with Crippen molar-refractivity contribution in [2.75, 3.05) is 6.54 Å². The third-order valence-corrected chi connectivity index (χ3v) is 10.9. The van der Waals surface area contributed by atoms with Gasteiger partial charge in [0.2, 0.25) is 0 Å². The molecule has 0 bridgehead atoms. The molecule has 31 heavy (non-hydrogen) atoms. The van der Waals surface area contributed by atoms with Crippen molar-refractivity contribution in [2.24, 2.45) is 0 Å². The van der Waals surface area contributed by atoms with Crippen LogP contribution in [0.5, 0.6) is 0 Å². The van der Waals surface area contributed by atoms with E-state index in [0.717, 1.165) is 18.4 Å². The number of piperidine rings is 1. The van der Waals surface area contributed by atoms with Crippen LogP contribution in [0.3, 0.4) is 0 Å². The summed E-state index contributed by atoms with van der Waals surface area (Å²) in [6, 6.07) is 18.6. The average molecular weight is 437 g/mol. The summed E-state index contributed by atoms with van der Waals surface area (Å²) in [5.74, 6) is -0.358. The number of carbonyl (C=O) groups is 1. The Morgan fingerprint density at radius 1 is 1.10 bits per heavy atom. The van der Waals surface area contributed by atoms with Gasteiger partial charge in [0.05, 0.1) is 23.2 Å². The first-order valence-electron chi connectivity index (χ1n) is 10.8. The highest BCUT2D eigenvalue weighted by atomic mass is 28.4. The SMILES string of the molecule is CC(C)(C)[Si](C)(C)OC1CCN(OC(=O)c2ccccc2)[C@H](c2ccc(C#N)cc2)C1. The molecule has 2 aromatic rings. The molecule has 0 aliphatic carbocycles. The fourth-order valence-electron chi connectivity index (χ4n) is 3.54. The second-order valence-electron chi connectivity index (χ2n) is 9.66. The predicted octanol–water partition coefficient (Wildman–Crippen LogP) is 5.86. The zero-order chi connectivity index (χ0) is 22.6. The Morgan fingerprint density at radius 3 is 2.32 bits per heavy atom. The second kappa shape index (κ2) is 9.35. The molecule has 6 heteroatoms. The van der Waals surface area contributed by atoms with Crippen molar-refractivity contribution in [1.29, 1.82) is 5.26 Å². The Morgan fingerprint density at radius 2 is 1.74 bits per heavy atom. The molecule has 0 saturated carbocycles. The first kappa shape index (κ1) is 23.2. The van der Waals surface area contributed by atoms with Crippen molar-refractivity contribution < 1.29 is 14.1 Å². The van der Waals surface area contributed by atoms with Crippen LogP contribution in [0.15, 0.2) is 54.6 Å². The maximum atomic E-state index is 12.7. The third-order valence-electron chi connectivity index (χ3n) is 6.41. The van der Waals surface area contributed by atoms with E-state index < -0.39 is 8.32 Å². The van der Waals surface area contributed by atoms with Crippen LogP contribution in [-0.2, 0) is 9.26 Å². The fraction of sp³-hybridized carbons (Fsp3) is 0.440. The van der Waals surface area contributed by atoms with Gasteiger partial charge < -0.3 is 9.26 Å². The minimum absolute atomic E-state index is 0.105. The van der Waals surface area contributed by atoms with Crippen molar-refractivity contribution in [3.63, 3.8) is 0 Å². The molecule has 0 amide bonds. The van der Waals surface area contributed by atoms with Gasteiger partial charge in [0.25, 0.3) is 0 Å². The summed E-state index contributed by atoms with van der Waals surface area (Å²) in [6.45, 7) is 11.9. The van der Waals surface area contributed by atoms with E-state index in [1.165, 1.54) is 0 Å². The van der Waals surface area contributed by atoms with E-state index in [1.807, 2.05) is 42.5 Å². The second-order valence-corrected chi connectivity index (χ2v) is 14.4. The summed E-state index contributed by atoms with van der Waals surface area (Å²) in [6.07, 6.45) is 1.65. The number of nitriles is 1. The van der Waals surface area contributed by atoms with Crippen LogP contribution in [0.2, 0.25) is 18.1 Å². The summed E-state index contributed by atoms with van der Waals surface area (Å²) in [4.78, 5) is 18.5. The van der Waals surface area contributed by atoms with E-state index in [1.54, 1.807) is 17.2 Å². The third kappa shape index (κ3) is 5.62. The molecule has 1 saturated heterocycles. The van der Waals surface area contributed by atoms with E-state index in [-0.39, 0.29) is 23.2 Å². The molecule has 2 atom stereocenters. The predicted molar refractivity (Wildman–Crippen MR) is 124 cm³/mol. The Kier molecular flexibility index (Phi) is 7.00. The Balaban J connectivity index is 1.81. The maximum Gasteiger partial charge on any atom is 0.357 e. The number of benzene rings is 2. The number of carbonyl (C=O) groups excluding carboxylic acids is 1. The highest BCUT2D eigenvalue weighted by molar-refractivity contribution is 6.74. The van der Waals surface area contributed by atoms with Gasteiger partial charge in [0.15, 0.2) is 8.32 Å². The lowest BCUT2D eigenvalue weighted by molar-refractivity contribution is -0.166. The molecule has 3 rings (SSSR count). The van der Waals surface area contributed by atoms with Gasteiger partial charge in [-0.25, -0.2) is 4.79 Å². The van der Waals surface area contributed by atoms with Crippen molar-refractivity contribution in [3.05, 3.63) is 71.3 Å². The molecule has 0 radical (unpaired) electrons. The lowest BCUT2D eigenvalue weighted by Gasteiger charge is -2.44. The minimum atomic E-state index is -1.91. The summed E-state index contributed by atoms with van der Waals surface area (Å²) in [5.41, 5.74) is 2.16. The number of nitrogens with zero attached hydrogens (tertiary/aromatic N) is 2. The molecule has 1 heterocycles. The summed E-state index contributed by atoms with van der Waals surface area (Å²) in [7, 11) is -1.91. The van der Waals surface area contributed by atoms with Gasteiger partial charge in [-0.05, 0) is 60.8 Å². The van der Waals surface area contributed by atoms with Gasteiger partial charge in [-0.2, -0.15) is 5.26 Å². The van der Waals surface area contributed by atoms with Crippen LogP contribution in [0, 0.1) is 11.3 Å². The van der Waals surface area contributed by atoms with E-state index in [2.05, 4.69) is 39.9 Å². The highest BCUT2D eigenvalue weighted by Gasteiger charge is 2.42. The summed E-state index contributed by atoms with van der Waals surface area (Å²) < 4.78 is 6.70. The number of hydrogen-bond acceptors (Lipinski definition) is 5. The van der Waals surface area contributed by atoms with E-state index >= 15 is 0 Å². The standard InChI is InChI=1S/C25H32N2O3Si/c1-25(2,3)31(4,5)30-22-15-16-27(29-24(28)21-9-7-6-8-10-21)23(17-22)20-13-11-19(18-26)12-14-20/h6-14,22-23H,15-17H2,1-5H3/t22?,23-/m0/s1. The van der Waals surface area contributed by atoms with E-state index in [4.69, 9.17) is 14.5 Å². The average Bonchev–Trinajstić information content (AvgIpc) is 2.74. The Hall–Kier alpha value is -2.46. The molecule has 2 aromatic carbocycles. The van der Waals surface area contributed by atoms with Crippen molar-refractivity contribution in [1.82, 2.24) is 5.06 Å². The topological polar surface area (TPSA) is 62.6 Å². The Bertz CT molecular complexity index is 930. The molecule has 1 fully saturated rings. The van der Waals surface area contributed by atoms with Gasteiger partial charge in [0.1, 0.15) is 0 Å². The quantitative estimate of drug-likeness (QED) is 0.550. The fourth-order valence-corrected chi connectivity index (χ4v) is 4.94. The molecule has 164 valence electrons. The molecular formula is C25H32N2O3Si. The highest BCUT2D eigenvalue weighted by Crippen LogP contribution is 2.41. The van der Waals surface area contributed by atoms with Crippen LogP contribution >= 0.6 is 0 Å². The summed E-state index contributed by atoms with van der Waals surface area (Å²) >= 11 is 0. The van der Waals surface area contributed by atoms with Crippen LogP contribution < -0.4 is 0 Å². The van der Waals surface area contributed by atoms with Crippen LogP contribution in [0.1, 0.15) is 61.1 Å². The van der Waals surface area contributed by atoms with Crippen LogP contribution in [0.25, 0.3) is 0 Å². The van der Waals surface area contributed by atoms with Crippen LogP contribution in [0.4, 0.5) is 0 Å². The van der Waals surface area contributed by atoms with Crippen molar-refractivity contribution in [3.8, 4) is 6.07 Å². The van der Waals surface area contributed by atoms with Gasteiger partial charge in [0, 0.05) is 12.6 Å². The van der Waals surface area contributed by atoms with Gasteiger partial charge in [-0.1, -0.05) is 51.1 Å². The molecular weight excluding hydrogens is 404 g/mol. The maximum absolute atomic E-state index is 12.7. The number of hydrogen-bond donors (Lipinski definition) is 0. The smallest absolute Gasteiger partial charge is 0.357 e. The van der Waals surface area contributed by atoms with Gasteiger partial charge in [-0.15, -0.1) is 5.06 Å². The normalized spacial score (nSPS) is 20.1. The zero-order valence-corrected chi connectivity index (χ0v) is 20.1. The lowest BCUT2D eigenvalue weighted by atomic mass is 9.94. The molecule has 1 aliphatic rings. The molecule has 5 nitrogen and oxygen atoms in total. The van der Waals surface area contributed by atoms with Crippen molar-refractivity contribution in [2.45, 2.75) is 63.9 Å². The Labute approximate surface area is 186 Å². The first-order valence-corrected chi connectivity index (χ1v) is 13.7. The zero-order valence-electron chi connectivity index (χ0n) is 19.1.